The van der Waals surface area contributed by atoms with Crippen molar-refractivity contribution in [3.05, 3.63) is 54.5 Å². The fourth-order valence-electron chi connectivity index (χ4n) is 2.70. The van der Waals surface area contributed by atoms with Gasteiger partial charge < -0.3 is 19.9 Å². The largest absolute Gasteiger partial charge is 0.478 e. The first kappa shape index (κ1) is 17.7. The Hall–Kier alpha value is -3.09. The van der Waals surface area contributed by atoms with Gasteiger partial charge in [0.15, 0.2) is 0 Å². The minimum absolute atomic E-state index is 0.202. The predicted octanol–water partition coefficient (Wildman–Crippen LogP) is 2.72. The first-order valence-corrected chi connectivity index (χ1v) is 8.76. The van der Waals surface area contributed by atoms with Crippen molar-refractivity contribution in [2.45, 2.75) is 26.4 Å². The van der Waals surface area contributed by atoms with Gasteiger partial charge in [0.25, 0.3) is 0 Å². The van der Waals surface area contributed by atoms with Gasteiger partial charge >= 0.3 is 6.03 Å². The van der Waals surface area contributed by atoms with Crippen LogP contribution < -0.4 is 15.4 Å². The average Bonchev–Trinajstić information content (AvgIpc) is 3.08. The maximum Gasteiger partial charge on any atom is 0.315 e. The van der Waals surface area contributed by atoms with Crippen molar-refractivity contribution in [1.82, 2.24) is 25.2 Å². The average molecular weight is 353 g/mol. The zero-order valence-corrected chi connectivity index (χ0v) is 14.8. The number of amides is 2. The van der Waals surface area contributed by atoms with Crippen molar-refractivity contribution in [3.63, 3.8) is 0 Å². The molecule has 3 aromatic rings. The third kappa shape index (κ3) is 4.50. The van der Waals surface area contributed by atoms with Crippen molar-refractivity contribution >= 4 is 17.1 Å². The predicted molar refractivity (Wildman–Crippen MR) is 100.0 cm³/mol. The molecule has 7 nitrogen and oxygen atoms in total. The Morgan fingerprint density at radius 1 is 1.15 bits per heavy atom. The first-order chi connectivity index (χ1) is 12.8. The molecule has 0 aliphatic heterocycles. The van der Waals surface area contributed by atoms with Gasteiger partial charge in [0, 0.05) is 31.4 Å². The number of para-hydroxylation sites is 2. The van der Waals surface area contributed by atoms with Gasteiger partial charge in [0.05, 0.1) is 24.0 Å². The Morgan fingerprint density at radius 2 is 2.04 bits per heavy atom. The fourth-order valence-corrected chi connectivity index (χ4v) is 2.70. The third-order valence-electron chi connectivity index (χ3n) is 3.96. The normalized spacial score (nSPS) is 10.7. The van der Waals surface area contributed by atoms with E-state index in [9.17, 15) is 4.79 Å². The molecule has 0 atom stereocenters. The van der Waals surface area contributed by atoms with Crippen LogP contribution in [-0.2, 0) is 13.1 Å². The second-order valence-electron chi connectivity index (χ2n) is 5.79. The van der Waals surface area contributed by atoms with Crippen molar-refractivity contribution in [3.8, 4) is 5.88 Å². The second kappa shape index (κ2) is 8.84. The number of pyridine rings is 1. The lowest BCUT2D eigenvalue weighted by Crippen LogP contribution is -2.36. The SMILES string of the molecule is CCOc1ncccc1CNC(=O)NCCCn1cnc2ccccc21. The number of benzene rings is 1. The summed E-state index contributed by atoms with van der Waals surface area (Å²) in [6.45, 7) is 4.21. The lowest BCUT2D eigenvalue weighted by atomic mass is 10.2. The molecule has 0 saturated heterocycles. The van der Waals surface area contributed by atoms with Gasteiger partial charge in [-0.2, -0.15) is 0 Å². The molecule has 0 fully saturated rings. The number of hydrogen-bond acceptors (Lipinski definition) is 4. The molecule has 0 aliphatic carbocycles. The molecule has 1 aromatic carbocycles. The zero-order valence-electron chi connectivity index (χ0n) is 14.8. The molecule has 0 bridgehead atoms. The van der Waals surface area contributed by atoms with E-state index >= 15 is 0 Å². The van der Waals surface area contributed by atoms with Crippen molar-refractivity contribution in [2.24, 2.45) is 0 Å². The van der Waals surface area contributed by atoms with Crippen LogP contribution in [0.2, 0.25) is 0 Å². The fraction of sp³-hybridized carbons (Fsp3) is 0.316. The zero-order chi connectivity index (χ0) is 18.2. The molecule has 7 heteroatoms. The number of rotatable bonds is 8. The minimum Gasteiger partial charge on any atom is -0.478 e. The topological polar surface area (TPSA) is 81.1 Å². The number of nitrogens with one attached hydrogen (secondary N) is 2. The van der Waals surface area contributed by atoms with Crippen LogP contribution in [-0.4, -0.2) is 33.7 Å². The van der Waals surface area contributed by atoms with E-state index in [1.165, 1.54) is 0 Å². The smallest absolute Gasteiger partial charge is 0.315 e. The van der Waals surface area contributed by atoms with Crippen molar-refractivity contribution in [1.29, 1.82) is 0 Å². The van der Waals surface area contributed by atoms with E-state index in [4.69, 9.17) is 4.74 Å². The third-order valence-corrected chi connectivity index (χ3v) is 3.96. The number of urea groups is 1. The van der Waals surface area contributed by atoms with Gasteiger partial charge in [0.2, 0.25) is 5.88 Å². The number of carbonyl (C=O) groups excluding carboxylic acids is 1. The summed E-state index contributed by atoms with van der Waals surface area (Å²) >= 11 is 0. The summed E-state index contributed by atoms with van der Waals surface area (Å²) in [4.78, 5) is 20.5. The van der Waals surface area contributed by atoms with Gasteiger partial charge in [-0.15, -0.1) is 0 Å². The van der Waals surface area contributed by atoms with Crippen LogP contribution in [0.4, 0.5) is 4.79 Å². The number of nitrogens with zero attached hydrogens (tertiary/aromatic N) is 3. The Labute approximate surface area is 152 Å². The number of aromatic nitrogens is 3. The molecular weight excluding hydrogens is 330 g/mol. The molecule has 0 spiro atoms. The molecule has 0 unspecified atom stereocenters. The molecule has 26 heavy (non-hydrogen) atoms. The van der Waals surface area contributed by atoms with Gasteiger partial charge in [-0.05, 0) is 31.5 Å². The molecular formula is C19H23N5O2. The molecule has 0 saturated carbocycles. The summed E-state index contributed by atoms with van der Waals surface area (Å²) in [6.07, 6.45) is 4.33. The van der Waals surface area contributed by atoms with Gasteiger partial charge in [-0.25, -0.2) is 14.8 Å². The monoisotopic (exact) mass is 353 g/mol. The van der Waals surface area contributed by atoms with E-state index in [2.05, 4.69) is 25.2 Å². The maximum atomic E-state index is 12.0. The van der Waals surface area contributed by atoms with E-state index in [0.29, 0.717) is 25.6 Å². The highest BCUT2D eigenvalue weighted by atomic mass is 16.5. The molecule has 0 aliphatic rings. The number of hydrogen-bond donors (Lipinski definition) is 2. The lowest BCUT2D eigenvalue weighted by molar-refractivity contribution is 0.240. The van der Waals surface area contributed by atoms with Crippen LogP contribution >= 0.6 is 0 Å². The summed E-state index contributed by atoms with van der Waals surface area (Å²) < 4.78 is 7.55. The molecule has 2 aromatic heterocycles. The van der Waals surface area contributed by atoms with E-state index < -0.39 is 0 Å². The van der Waals surface area contributed by atoms with E-state index in [0.717, 1.165) is 29.6 Å². The summed E-state index contributed by atoms with van der Waals surface area (Å²) in [5, 5.41) is 5.70. The van der Waals surface area contributed by atoms with Gasteiger partial charge in [-0.3, -0.25) is 0 Å². The van der Waals surface area contributed by atoms with Crippen LogP contribution in [0.1, 0.15) is 18.9 Å². The van der Waals surface area contributed by atoms with Crippen LogP contribution in [0.25, 0.3) is 11.0 Å². The Morgan fingerprint density at radius 3 is 2.92 bits per heavy atom. The second-order valence-corrected chi connectivity index (χ2v) is 5.79. The Kier molecular flexibility index (Phi) is 6.03. The highest BCUT2D eigenvalue weighted by molar-refractivity contribution is 5.75. The number of carbonyl (C=O) groups is 1. The van der Waals surface area contributed by atoms with Crippen LogP contribution in [0, 0.1) is 0 Å². The van der Waals surface area contributed by atoms with Crippen molar-refractivity contribution in [2.75, 3.05) is 13.2 Å². The number of aryl methyl sites for hydroxylation is 1. The highest BCUT2D eigenvalue weighted by Gasteiger charge is 2.06. The van der Waals surface area contributed by atoms with E-state index in [-0.39, 0.29) is 6.03 Å². The standard InChI is InChI=1S/C19H23N5O2/c1-2-26-18-15(7-5-10-20-18)13-22-19(25)21-11-6-12-24-14-23-16-8-3-4-9-17(16)24/h3-5,7-10,14H,2,6,11-13H2,1H3,(H2,21,22,25). The summed E-state index contributed by atoms with van der Waals surface area (Å²) in [6, 6.07) is 11.5. The minimum atomic E-state index is -0.202. The van der Waals surface area contributed by atoms with Crippen LogP contribution in [0.3, 0.4) is 0 Å². The molecule has 2 amide bonds. The van der Waals surface area contributed by atoms with E-state index in [1.807, 2.05) is 49.6 Å². The molecule has 3 rings (SSSR count). The van der Waals surface area contributed by atoms with Gasteiger partial charge in [-0.1, -0.05) is 18.2 Å². The quantitative estimate of drug-likeness (QED) is 0.610. The lowest BCUT2D eigenvalue weighted by Gasteiger charge is -2.11. The number of fused-ring (bicyclic) bond motifs is 1. The van der Waals surface area contributed by atoms with Crippen LogP contribution in [0.5, 0.6) is 5.88 Å². The van der Waals surface area contributed by atoms with Gasteiger partial charge in [0.1, 0.15) is 0 Å². The number of imidazole rings is 1. The first-order valence-electron chi connectivity index (χ1n) is 8.76. The summed E-state index contributed by atoms with van der Waals surface area (Å²) in [5.74, 6) is 0.558. The Bertz CT molecular complexity index is 862. The maximum absolute atomic E-state index is 12.0. The van der Waals surface area contributed by atoms with Crippen molar-refractivity contribution < 1.29 is 9.53 Å². The highest BCUT2D eigenvalue weighted by Crippen LogP contribution is 2.14. The molecule has 0 radical (unpaired) electrons. The number of ether oxygens (including phenoxy) is 1. The summed E-state index contributed by atoms with van der Waals surface area (Å²) in [7, 11) is 0. The Balaban J connectivity index is 1.41. The summed E-state index contributed by atoms with van der Waals surface area (Å²) in [5.41, 5.74) is 2.95. The molecule has 136 valence electrons. The molecule has 2 N–H and O–H groups in total. The van der Waals surface area contributed by atoms with Crippen LogP contribution in [0.15, 0.2) is 48.9 Å². The van der Waals surface area contributed by atoms with E-state index in [1.54, 1.807) is 6.20 Å². The molecule has 2 heterocycles.